The molecule has 0 N–H and O–H groups in total. The van der Waals surface area contributed by atoms with E-state index >= 15 is 26.3 Å². The lowest BCUT2D eigenvalue weighted by atomic mass is 9.90. The minimum atomic E-state index is -5.68. The molecule has 0 fully saturated rings. The Labute approximate surface area is 231 Å². The first-order chi connectivity index (χ1) is 18.1. The largest absolute Gasteiger partial charge is 0.380 e. The van der Waals surface area contributed by atoms with E-state index < -0.39 is 33.8 Å². The number of aryl methyl sites for hydroxylation is 2. The molecule has 0 bridgehead atoms. The fourth-order valence-electron chi connectivity index (χ4n) is 5.08. The number of hydrogen-bond acceptors (Lipinski definition) is 5. The SMILES string of the molecule is Cc1sc(-c2ccccc2)c(C)c1C1=C(c2c(C)sc(-c3ccc([N+](=O)[O-])s3)c2C)C(F)(F)C(F)(F)C1(F)F. The molecule has 0 atom stereocenters. The maximum Gasteiger partial charge on any atom is 0.380 e. The van der Waals surface area contributed by atoms with Crippen LogP contribution in [0, 0.1) is 37.8 Å². The first-order valence-electron chi connectivity index (χ1n) is 11.5. The summed E-state index contributed by atoms with van der Waals surface area (Å²) in [5, 5.41) is 11.0. The van der Waals surface area contributed by atoms with Crippen LogP contribution in [-0.2, 0) is 0 Å². The average molecular weight is 600 g/mol. The lowest BCUT2D eigenvalue weighted by molar-refractivity contribution is -0.380. The number of halogens is 6. The average Bonchev–Trinajstić information content (AvgIpc) is 3.56. The van der Waals surface area contributed by atoms with Crippen LogP contribution < -0.4 is 0 Å². The van der Waals surface area contributed by atoms with E-state index in [4.69, 9.17) is 0 Å². The van der Waals surface area contributed by atoms with Crippen molar-refractivity contribution in [3.05, 3.63) is 84.6 Å². The maximum atomic E-state index is 15.6. The molecular formula is C27H19F6NO2S3. The lowest BCUT2D eigenvalue weighted by Crippen LogP contribution is -2.49. The summed E-state index contributed by atoms with van der Waals surface area (Å²) in [4.78, 5) is 12.1. The molecule has 0 amide bonds. The van der Waals surface area contributed by atoms with Crippen molar-refractivity contribution in [2.45, 2.75) is 45.5 Å². The highest BCUT2D eigenvalue weighted by molar-refractivity contribution is 7.24. The molecule has 0 unspecified atom stereocenters. The quantitative estimate of drug-likeness (QED) is 0.130. The van der Waals surface area contributed by atoms with E-state index in [9.17, 15) is 10.1 Å². The molecule has 3 heterocycles. The molecule has 1 aliphatic carbocycles. The number of nitro groups is 1. The second-order valence-corrected chi connectivity index (χ2v) is 12.7. The van der Waals surface area contributed by atoms with Crippen molar-refractivity contribution >= 4 is 50.2 Å². The van der Waals surface area contributed by atoms with Crippen molar-refractivity contribution in [2.75, 3.05) is 0 Å². The van der Waals surface area contributed by atoms with E-state index in [0.29, 0.717) is 20.2 Å². The highest BCUT2D eigenvalue weighted by atomic mass is 32.1. The maximum absolute atomic E-state index is 15.6. The molecule has 12 heteroatoms. The number of nitrogens with zero attached hydrogens (tertiary/aromatic N) is 1. The van der Waals surface area contributed by atoms with Gasteiger partial charge in [-0.15, -0.1) is 22.7 Å². The van der Waals surface area contributed by atoms with E-state index in [2.05, 4.69) is 0 Å². The summed E-state index contributed by atoms with van der Waals surface area (Å²) in [5.74, 6) is -16.0. The second-order valence-electron chi connectivity index (χ2n) is 9.21. The highest BCUT2D eigenvalue weighted by Gasteiger charge is 2.80. The molecule has 3 aromatic heterocycles. The standard InChI is InChI=1S/C27H19F6NO2S3/c1-12-19(14(3)37-23(12)16-8-6-5-7-9-16)21-22(26(30,31)27(32,33)25(21,28)29)20-13(2)24(38-15(20)4)17-10-11-18(39-17)34(35)36/h5-11H,1-4H3. The minimum absolute atomic E-state index is 0.0868. The van der Waals surface area contributed by atoms with Crippen LogP contribution in [0.15, 0.2) is 42.5 Å². The van der Waals surface area contributed by atoms with E-state index in [-0.39, 0.29) is 37.0 Å². The van der Waals surface area contributed by atoms with Crippen LogP contribution in [0.25, 0.3) is 31.3 Å². The summed E-state index contributed by atoms with van der Waals surface area (Å²) in [6.07, 6.45) is 0. The zero-order valence-electron chi connectivity index (χ0n) is 20.8. The summed E-state index contributed by atoms with van der Waals surface area (Å²) in [5.41, 5.74) is -2.51. The Morgan fingerprint density at radius 1 is 0.692 bits per heavy atom. The number of alkyl halides is 6. The zero-order chi connectivity index (χ0) is 28.7. The third kappa shape index (κ3) is 3.82. The summed E-state index contributed by atoms with van der Waals surface area (Å²) >= 11 is 2.81. The Hall–Kier alpha value is -2.96. The van der Waals surface area contributed by atoms with Gasteiger partial charge in [0.15, 0.2) is 0 Å². The molecule has 0 spiro atoms. The Kier molecular flexibility index (Phi) is 6.39. The molecule has 0 saturated heterocycles. The zero-order valence-corrected chi connectivity index (χ0v) is 23.2. The Morgan fingerprint density at radius 2 is 1.18 bits per heavy atom. The number of hydrogen-bond donors (Lipinski definition) is 0. The number of benzene rings is 1. The van der Waals surface area contributed by atoms with Crippen molar-refractivity contribution in [2.24, 2.45) is 0 Å². The predicted molar refractivity (Wildman–Crippen MR) is 145 cm³/mol. The van der Waals surface area contributed by atoms with Gasteiger partial charge in [0.25, 0.3) is 0 Å². The molecule has 1 aliphatic rings. The van der Waals surface area contributed by atoms with Gasteiger partial charge in [0, 0.05) is 47.8 Å². The van der Waals surface area contributed by atoms with Crippen LogP contribution in [0.2, 0.25) is 0 Å². The molecule has 0 saturated carbocycles. The van der Waals surface area contributed by atoms with Gasteiger partial charge in [-0.25, -0.2) is 0 Å². The van der Waals surface area contributed by atoms with Crippen LogP contribution in [0.1, 0.15) is 32.0 Å². The minimum Gasteiger partial charge on any atom is -0.258 e. The summed E-state index contributed by atoms with van der Waals surface area (Å²) in [6, 6.07) is 11.4. The third-order valence-electron chi connectivity index (χ3n) is 6.84. The second kappa shape index (κ2) is 9.03. The monoisotopic (exact) mass is 599 g/mol. The molecule has 3 nitrogen and oxygen atoms in total. The van der Waals surface area contributed by atoms with E-state index in [1.54, 1.807) is 30.3 Å². The van der Waals surface area contributed by atoms with Gasteiger partial charge in [0.2, 0.25) is 0 Å². The summed E-state index contributed by atoms with van der Waals surface area (Å²) in [7, 11) is 0. The smallest absolute Gasteiger partial charge is 0.258 e. The van der Waals surface area contributed by atoms with Gasteiger partial charge < -0.3 is 0 Å². The van der Waals surface area contributed by atoms with Crippen molar-refractivity contribution in [1.82, 2.24) is 0 Å². The predicted octanol–water partition coefficient (Wildman–Crippen LogP) is 10.2. The van der Waals surface area contributed by atoms with Crippen molar-refractivity contribution < 1.29 is 31.3 Å². The van der Waals surface area contributed by atoms with E-state index in [0.717, 1.165) is 34.0 Å². The fourth-order valence-corrected chi connectivity index (χ4v) is 8.41. The molecule has 204 valence electrons. The summed E-state index contributed by atoms with van der Waals surface area (Å²) < 4.78 is 92.5. The normalized spacial score (nSPS) is 17.7. The van der Waals surface area contributed by atoms with Crippen molar-refractivity contribution in [3.63, 3.8) is 0 Å². The summed E-state index contributed by atoms with van der Waals surface area (Å²) in [6.45, 7) is 5.71. The number of thiophene rings is 3. The van der Waals surface area contributed by atoms with Gasteiger partial charge in [-0.3, -0.25) is 10.1 Å². The lowest BCUT2D eigenvalue weighted by Gasteiger charge is -2.26. The highest BCUT2D eigenvalue weighted by Crippen LogP contribution is 2.67. The van der Waals surface area contributed by atoms with E-state index in [1.807, 2.05) is 0 Å². The van der Waals surface area contributed by atoms with Crippen LogP contribution in [0.4, 0.5) is 31.3 Å². The molecule has 5 rings (SSSR count). The Balaban J connectivity index is 1.84. The third-order valence-corrected chi connectivity index (χ3v) is 10.5. The van der Waals surface area contributed by atoms with Gasteiger partial charge in [-0.05, 0) is 50.5 Å². The molecule has 0 aliphatic heterocycles. The number of rotatable bonds is 5. The van der Waals surface area contributed by atoms with Crippen LogP contribution in [-0.4, -0.2) is 22.7 Å². The molecule has 0 radical (unpaired) electrons. The van der Waals surface area contributed by atoms with Gasteiger partial charge >= 0.3 is 22.8 Å². The first kappa shape index (κ1) is 27.6. The van der Waals surface area contributed by atoms with Gasteiger partial charge in [0.1, 0.15) is 0 Å². The fraction of sp³-hybridized carbons (Fsp3) is 0.259. The van der Waals surface area contributed by atoms with Crippen LogP contribution >= 0.6 is 34.0 Å². The molecule has 1 aromatic carbocycles. The Morgan fingerprint density at radius 3 is 1.67 bits per heavy atom. The molecular weight excluding hydrogens is 580 g/mol. The molecule has 4 aromatic rings. The number of allylic oxidation sites excluding steroid dienone is 2. The van der Waals surface area contributed by atoms with Crippen LogP contribution in [0.5, 0.6) is 0 Å². The van der Waals surface area contributed by atoms with E-state index in [1.165, 1.54) is 39.8 Å². The molecule has 39 heavy (non-hydrogen) atoms. The van der Waals surface area contributed by atoms with Gasteiger partial charge in [-0.1, -0.05) is 41.7 Å². The van der Waals surface area contributed by atoms with Gasteiger partial charge in [-0.2, -0.15) is 26.3 Å². The van der Waals surface area contributed by atoms with Crippen molar-refractivity contribution in [3.8, 4) is 20.2 Å². The Bertz CT molecular complexity index is 1660. The van der Waals surface area contributed by atoms with Crippen molar-refractivity contribution in [1.29, 1.82) is 0 Å². The first-order valence-corrected chi connectivity index (χ1v) is 14.0. The van der Waals surface area contributed by atoms with Crippen LogP contribution in [0.3, 0.4) is 0 Å². The van der Waals surface area contributed by atoms with Gasteiger partial charge in [0.05, 0.1) is 9.80 Å². The topological polar surface area (TPSA) is 43.1 Å².